The number of nitrogens with zero attached hydrogens (tertiary/aromatic N) is 1. The lowest BCUT2D eigenvalue weighted by molar-refractivity contribution is -0.127. The number of likely N-dealkylation sites (tertiary alicyclic amines) is 1. The first-order valence-electron chi connectivity index (χ1n) is 11.5. The van der Waals surface area contributed by atoms with E-state index in [1.165, 1.54) is 24.8 Å². The molecule has 1 heterocycles. The summed E-state index contributed by atoms with van der Waals surface area (Å²) in [6.45, 7) is 6.34. The molecule has 1 aromatic rings. The Morgan fingerprint density at radius 1 is 1.03 bits per heavy atom. The number of rotatable bonds is 7. The molecule has 5 nitrogen and oxygen atoms in total. The van der Waals surface area contributed by atoms with Crippen LogP contribution in [0.25, 0.3) is 0 Å². The van der Waals surface area contributed by atoms with E-state index in [-0.39, 0.29) is 29.8 Å². The van der Waals surface area contributed by atoms with E-state index >= 15 is 0 Å². The molecule has 3 rings (SSSR count). The van der Waals surface area contributed by atoms with Crippen molar-refractivity contribution in [2.75, 3.05) is 19.6 Å². The minimum absolute atomic E-state index is 0.0146. The number of aryl methyl sites for hydroxylation is 1. The SMILES string of the molecule is CCc1ccc([C@H](C)NC(=O)CN2CCC(NC(=O)C3CCCCC3)CC2)cc1. The van der Waals surface area contributed by atoms with Crippen LogP contribution >= 0.6 is 0 Å². The van der Waals surface area contributed by atoms with Gasteiger partial charge >= 0.3 is 0 Å². The Hall–Kier alpha value is -1.88. The summed E-state index contributed by atoms with van der Waals surface area (Å²) in [5, 5.41) is 6.38. The zero-order valence-corrected chi connectivity index (χ0v) is 18.1. The van der Waals surface area contributed by atoms with Crippen LogP contribution in [0.15, 0.2) is 24.3 Å². The lowest BCUT2D eigenvalue weighted by atomic mass is 9.88. The van der Waals surface area contributed by atoms with Crippen molar-refractivity contribution in [3.05, 3.63) is 35.4 Å². The maximum Gasteiger partial charge on any atom is 0.234 e. The van der Waals surface area contributed by atoms with Gasteiger partial charge in [0.25, 0.3) is 0 Å². The Bertz CT molecular complexity index is 659. The highest BCUT2D eigenvalue weighted by atomic mass is 16.2. The highest BCUT2D eigenvalue weighted by Gasteiger charge is 2.26. The van der Waals surface area contributed by atoms with Crippen molar-refractivity contribution >= 4 is 11.8 Å². The molecular weight excluding hydrogens is 362 g/mol. The quantitative estimate of drug-likeness (QED) is 0.737. The molecule has 2 N–H and O–H groups in total. The Labute approximate surface area is 175 Å². The molecule has 1 aromatic carbocycles. The van der Waals surface area contributed by atoms with Crippen molar-refractivity contribution in [1.29, 1.82) is 0 Å². The molecular formula is C24H37N3O2. The summed E-state index contributed by atoms with van der Waals surface area (Å²) in [5.74, 6) is 0.547. The van der Waals surface area contributed by atoms with Gasteiger partial charge in [-0.3, -0.25) is 14.5 Å². The molecule has 0 spiro atoms. The smallest absolute Gasteiger partial charge is 0.234 e. The van der Waals surface area contributed by atoms with Gasteiger partial charge in [0, 0.05) is 25.0 Å². The number of hydrogen-bond donors (Lipinski definition) is 2. The van der Waals surface area contributed by atoms with Crippen molar-refractivity contribution in [2.24, 2.45) is 5.92 Å². The average molecular weight is 400 g/mol. The molecule has 1 saturated carbocycles. The highest BCUT2D eigenvalue weighted by molar-refractivity contribution is 5.79. The van der Waals surface area contributed by atoms with Gasteiger partial charge in [0.05, 0.1) is 12.6 Å². The zero-order valence-electron chi connectivity index (χ0n) is 18.1. The molecule has 29 heavy (non-hydrogen) atoms. The van der Waals surface area contributed by atoms with Crippen LogP contribution in [0.3, 0.4) is 0 Å². The molecule has 2 amide bonds. The number of hydrogen-bond acceptors (Lipinski definition) is 3. The van der Waals surface area contributed by atoms with Crippen LogP contribution in [0.1, 0.15) is 76.0 Å². The van der Waals surface area contributed by atoms with Crippen LogP contribution < -0.4 is 10.6 Å². The molecule has 0 aromatic heterocycles. The van der Waals surface area contributed by atoms with Gasteiger partial charge in [0.2, 0.25) is 11.8 Å². The standard InChI is InChI=1S/C24H37N3O2/c1-3-19-9-11-20(12-10-19)18(2)25-23(28)17-27-15-13-22(14-16-27)26-24(29)21-7-5-4-6-8-21/h9-12,18,21-22H,3-8,13-17H2,1-2H3,(H,25,28)(H,26,29)/t18-/m0/s1. The van der Waals surface area contributed by atoms with E-state index in [2.05, 4.69) is 46.7 Å². The number of benzene rings is 1. The number of carbonyl (C=O) groups is 2. The van der Waals surface area contributed by atoms with E-state index in [1.807, 2.05) is 6.92 Å². The molecule has 160 valence electrons. The molecule has 1 aliphatic carbocycles. The third-order valence-electron chi connectivity index (χ3n) is 6.54. The van der Waals surface area contributed by atoms with Crippen molar-refractivity contribution < 1.29 is 9.59 Å². The predicted octanol–water partition coefficient (Wildman–Crippen LogP) is 3.59. The van der Waals surface area contributed by atoms with Crippen LogP contribution in [0, 0.1) is 5.92 Å². The molecule has 1 aliphatic heterocycles. The first-order valence-corrected chi connectivity index (χ1v) is 11.5. The summed E-state index contributed by atoms with van der Waals surface area (Å²) in [6.07, 6.45) is 8.62. The number of amides is 2. The molecule has 1 saturated heterocycles. The largest absolute Gasteiger partial charge is 0.353 e. The van der Waals surface area contributed by atoms with Gasteiger partial charge < -0.3 is 10.6 Å². The third kappa shape index (κ3) is 6.56. The molecule has 1 atom stereocenters. The second-order valence-electron chi connectivity index (χ2n) is 8.78. The number of nitrogens with one attached hydrogen (secondary N) is 2. The van der Waals surface area contributed by atoms with E-state index in [4.69, 9.17) is 0 Å². The lowest BCUT2D eigenvalue weighted by Crippen LogP contribution is -2.48. The van der Waals surface area contributed by atoms with Crippen molar-refractivity contribution in [3.8, 4) is 0 Å². The van der Waals surface area contributed by atoms with Gasteiger partial charge in [0.15, 0.2) is 0 Å². The fourth-order valence-corrected chi connectivity index (χ4v) is 4.53. The van der Waals surface area contributed by atoms with E-state index in [0.29, 0.717) is 6.54 Å². The summed E-state index contributed by atoms with van der Waals surface area (Å²) in [7, 11) is 0. The first kappa shape index (κ1) is 21.8. The van der Waals surface area contributed by atoms with Crippen LogP contribution in [0.5, 0.6) is 0 Å². The van der Waals surface area contributed by atoms with Crippen LogP contribution in [-0.4, -0.2) is 42.4 Å². The summed E-state index contributed by atoms with van der Waals surface area (Å²) in [4.78, 5) is 27.1. The van der Waals surface area contributed by atoms with Crippen molar-refractivity contribution in [2.45, 2.75) is 77.3 Å². The molecule has 0 radical (unpaired) electrons. The second kappa shape index (κ2) is 10.8. The zero-order chi connectivity index (χ0) is 20.6. The molecule has 5 heteroatoms. The Balaban J connectivity index is 1.37. The Morgan fingerprint density at radius 2 is 1.69 bits per heavy atom. The Morgan fingerprint density at radius 3 is 2.31 bits per heavy atom. The van der Waals surface area contributed by atoms with E-state index in [1.54, 1.807) is 0 Å². The molecule has 2 aliphatic rings. The minimum atomic E-state index is 0.0146. The monoisotopic (exact) mass is 399 g/mol. The average Bonchev–Trinajstić information content (AvgIpc) is 2.75. The fraction of sp³-hybridized carbons (Fsp3) is 0.667. The maximum atomic E-state index is 12.5. The van der Waals surface area contributed by atoms with Crippen LogP contribution in [-0.2, 0) is 16.0 Å². The van der Waals surface area contributed by atoms with Gasteiger partial charge in [-0.05, 0) is 50.2 Å². The van der Waals surface area contributed by atoms with Gasteiger partial charge in [-0.25, -0.2) is 0 Å². The molecule has 2 fully saturated rings. The van der Waals surface area contributed by atoms with Crippen LogP contribution in [0.2, 0.25) is 0 Å². The third-order valence-corrected chi connectivity index (χ3v) is 6.54. The van der Waals surface area contributed by atoms with Crippen LogP contribution in [0.4, 0.5) is 0 Å². The number of carbonyl (C=O) groups excluding carboxylic acids is 2. The summed E-state index contributed by atoms with van der Waals surface area (Å²) in [5.41, 5.74) is 2.45. The lowest BCUT2D eigenvalue weighted by Gasteiger charge is -2.33. The maximum absolute atomic E-state index is 12.5. The molecule has 0 bridgehead atoms. The highest BCUT2D eigenvalue weighted by Crippen LogP contribution is 2.24. The van der Waals surface area contributed by atoms with Gasteiger partial charge in [-0.15, -0.1) is 0 Å². The van der Waals surface area contributed by atoms with E-state index in [0.717, 1.165) is 50.8 Å². The topological polar surface area (TPSA) is 61.4 Å². The Kier molecular flexibility index (Phi) is 8.10. The number of piperidine rings is 1. The van der Waals surface area contributed by atoms with Crippen molar-refractivity contribution in [3.63, 3.8) is 0 Å². The van der Waals surface area contributed by atoms with Gasteiger partial charge in [0.1, 0.15) is 0 Å². The van der Waals surface area contributed by atoms with Gasteiger partial charge in [-0.2, -0.15) is 0 Å². The summed E-state index contributed by atoms with van der Waals surface area (Å²) < 4.78 is 0. The molecule has 0 unspecified atom stereocenters. The van der Waals surface area contributed by atoms with E-state index < -0.39 is 0 Å². The minimum Gasteiger partial charge on any atom is -0.353 e. The second-order valence-corrected chi connectivity index (χ2v) is 8.78. The first-order chi connectivity index (χ1) is 14.0. The van der Waals surface area contributed by atoms with Crippen molar-refractivity contribution in [1.82, 2.24) is 15.5 Å². The van der Waals surface area contributed by atoms with E-state index in [9.17, 15) is 9.59 Å². The normalized spacial score (nSPS) is 20.2. The summed E-state index contributed by atoms with van der Waals surface area (Å²) in [6, 6.07) is 8.74. The summed E-state index contributed by atoms with van der Waals surface area (Å²) >= 11 is 0. The fourth-order valence-electron chi connectivity index (χ4n) is 4.53. The predicted molar refractivity (Wildman–Crippen MR) is 117 cm³/mol. The van der Waals surface area contributed by atoms with Gasteiger partial charge in [-0.1, -0.05) is 50.5 Å².